The van der Waals surface area contributed by atoms with Crippen LogP contribution in [0.5, 0.6) is 0 Å². The van der Waals surface area contributed by atoms with E-state index in [-0.39, 0.29) is 17.8 Å². The van der Waals surface area contributed by atoms with E-state index in [9.17, 15) is 15.0 Å². The molecule has 0 aromatic carbocycles. The number of carbonyl (C=O) groups is 1. The van der Waals surface area contributed by atoms with Gasteiger partial charge in [-0.15, -0.1) is 0 Å². The molecule has 0 aliphatic heterocycles. The monoisotopic (exact) mass is 272 g/mol. The lowest BCUT2D eigenvalue weighted by Gasteiger charge is -2.36. The normalized spacial score (nSPS) is 35.9. The maximum Gasteiger partial charge on any atom is 0.306 e. The van der Waals surface area contributed by atoms with Gasteiger partial charge in [0.05, 0.1) is 17.1 Å². The zero-order valence-electron chi connectivity index (χ0n) is 12.5. The summed E-state index contributed by atoms with van der Waals surface area (Å²) in [5, 5.41) is 29.6. The molecule has 1 saturated carbocycles. The van der Waals surface area contributed by atoms with Gasteiger partial charge in [0.25, 0.3) is 0 Å². The van der Waals surface area contributed by atoms with Crippen molar-refractivity contribution >= 4 is 5.97 Å². The standard InChI is InChI=1S/C15H28O4/c1-10(13(16)17)6-5-8-15(4,19)12-7-9-14(3,18)11(12)2/h10-12,18-19H,5-9H2,1-4H3,(H,16,17)/t10-,11-,12-,14-,15+/m1/s1. The van der Waals surface area contributed by atoms with Gasteiger partial charge in [-0.25, -0.2) is 0 Å². The van der Waals surface area contributed by atoms with E-state index < -0.39 is 17.2 Å². The smallest absolute Gasteiger partial charge is 0.306 e. The summed E-state index contributed by atoms with van der Waals surface area (Å²) in [6, 6.07) is 0. The number of aliphatic hydroxyl groups is 2. The molecular formula is C15H28O4. The van der Waals surface area contributed by atoms with Gasteiger partial charge in [0.2, 0.25) is 0 Å². The number of aliphatic carboxylic acids is 1. The van der Waals surface area contributed by atoms with E-state index in [1.165, 1.54) is 0 Å². The molecule has 0 amide bonds. The van der Waals surface area contributed by atoms with Crippen LogP contribution in [0.1, 0.15) is 59.8 Å². The SMILES string of the molecule is C[C@H](CCC[C@](C)(O)[C@@H]1CC[C@@](C)(O)[C@@H]1C)C(=O)O. The number of carboxylic acids is 1. The van der Waals surface area contributed by atoms with Crippen LogP contribution in [0.3, 0.4) is 0 Å². The van der Waals surface area contributed by atoms with Crippen molar-refractivity contribution in [3.05, 3.63) is 0 Å². The van der Waals surface area contributed by atoms with Crippen LogP contribution in [0.25, 0.3) is 0 Å². The molecule has 0 aromatic heterocycles. The Morgan fingerprint density at radius 1 is 1.53 bits per heavy atom. The molecule has 19 heavy (non-hydrogen) atoms. The summed E-state index contributed by atoms with van der Waals surface area (Å²) < 4.78 is 0. The minimum atomic E-state index is -0.821. The van der Waals surface area contributed by atoms with Crippen molar-refractivity contribution in [2.45, 2.75) is 71.0 Å². The van der Waals surface area contributed by atoms with E-state index in [0.29, 0.717) is 19.3 Å². The predicted molar refractivity (Wildman–Crippen MR) is 73.8 cm³/mol. The molecule has 0 aromatic rings. The first-order chi connectivity index (χ1) is 8.58. The van der Waals surface area contributed by atoms with Crippen molar-refractivity contribution in [2.75, 3.05) is 0 Å². The zero-order chi connectivity index (χ0) is 14.8. The molecule has 4 nitrogen and oxygen atoms in total. The van der Waals surface area contributed by atoms with Crippen molar-refractivity contribution in [3.8, 4) is 0 Å². The molecule has 0 unspecified atom stereocenters. The lowest BCUT2D eigenvalue weighted by molar-refractivity contribution is -0.141. The number of hydrogen-bond donors (Lipinski definition) is 3. The Morgan fingerprint density at radius 3 is 2.53 bits per heavy atom. The maximum atomic E-state index is 10.8. The molecular weight excluding hydrogens is 244 g/mol. The van der Waals surface area contributed by atoms with Crippen molar-refractivity contribution in [2.24, 2.45) is 17.8 Å². The molecule has 3 N–H and O–H groups in total. The minimum Gasteiger partial charge on any atom is -0.481 e. The molecule has 0 bridgehead atoms. The van der Waals surface area contributed by atoms with Crippen LogP contribution in [-0.2, 0) is 4.79 Å². The summed E-state index contributed by atoms with van der Waals surface area (Å²) in [7, 11) is 0. The molecule has 1 rings (SSSR count). The fourth-order valence-corrected chi connectivity index (χ4v) is 3.28. The Labute approximate surface area is 115 Å². The van der Waals surface area contributed by atoms with Crippen LogP contribution < -0.4 is 0 Å². The van der Waals surface area contributed by atoms with Crippen LogP contribution in [0.2, 0.25) is 0 Å². The minimum absolute atomic E-state index is 0.0689. The van der Waals surface area contributed by atoms with Crippen LogP contribution >= 0.6 is 0 Å². The summed E-state index contributed by atoms with van der Waals surface area (Å²) in [6.45, 7) is 7.34. The highest BCUT2D eigenvalue weighted by Crippen LogP contribution is 2.46. The third-order valence-corrected chi connectivity index (χ3v) is 5.09. The van der Waals surface area contributed by atoms with Crippen molar-refractivity contribution in [1.29, 1.82) is 0 Å². The van der Waals surface area contributed by atoms with Crippen LogP contribution in [0.4, 0.5) is 0 Å². The molecule has 0 spiro atoms. The Bertz CT molecular complexity index is 322. The second kappa shape index (κ2) is 5.80. The first-order valence-corrected chi connectivity index (χ1v) is 7.25. The van der Waals surface area contributed by atoms with E-state index in [0.717, 1.165) is 12.8 Å². The molecule has 5 atom stereocenters. The average molecular weight is 272 g/mol. The lowest BCUT2D eigenvalue weighted by atomic mass is 9.76. The molecule has 1 fully saturated rings. The number of rotatable bonds is 6. The Hall–Kier alpha value is -0.610. The second-order valence-electron chi connectivity index (χ2n) is 6.78. The predicted octanol–water partition coefficient (Wildman–Crippen LogP) is 2.43. The van der Waals surface area contributed by atoms with E-state index >= 15 is 0 Å². The lowest BCUT2D eigenvalue weighted by Crippen LogP contribution is -2.40. The average Bonchev–Trinajstić information content (AvgIpc) is 2.54. The summed E-state index contributed by atoms with van der Waals surface area (Å²) in [5.74, 6) is -0.987. The third kappa shape index (κ3) is 3.93. The van der Waals surface area contributed by atoms with Gasteiger partial charge in [-0.3, -0.25) is 4.79 Å². The molecule has 0 heterocycles. The van der Waals surface area contributed by atoms with Crippen LogP contribution in [0, 0.1) is 17.8 Å². The van der Waals surface area contributed by atoms with Gasteiger partial charge < -0.3 is 15.3 Å². The fraction of sp³-hybridized carbons (Fsp3) is 0.933. The fourth-order valence-electron chi connectivity index (χ4n) is 3.28. The summed E-state index contributed by atoms with van der Waals surface area (Å²) in [4.78, 5) is 10.8. The highest BCUT2D eigenvalue weighted by molar-refractivity contribution is 5.69. The first-order valence-electron chi connectivity index (χ1n) is 7.25. The number of carboxylic acid groups (broad SMARTS) is 1. The zero-order valence-corrected chi connectivity index (χ0v) is 12.5. The van der Waals surface area contributed by atoms with E-state index in [2.05, 4.69) is 0 Å². The van der Waals surface area contributed by atoms with Gasteiger partial charge in [0.15, 0.2) is 0 Å². The van der Waals surface area contributed by atoms with Gasteiger partial charge in [0, 0.05) is 0 Å². The Kier molecular flexibility index (Phi) is 5.02. The van der Waals surface area contributed by atoms with Gasteiger partial charge in [0.1, 0.15) is 0 Å². The highest BCUT2D eigenvalue weighted by Gasteiger charge is 2.48. The first kappa shape index (κ1) is 16.4. The van der Waals surface area contributed by atoms with Gasteiger partial charge in [-0.1, -0.05) is 13.8 Å². The largest absolute Gasteiger partial charge is 0.481 e. The van der Waals surface area contributed by atoms with Crippen molar-refractivity contribution in [3.63, 3.8) is 0 Å². The molecule has 4 heteroatoms. The molecule has 112 valence electrons. The van der Waals surface area contributed by atoms with Crippen molar-refractivity contribution < 1.29 is 20.1 Å². The summed E-state index contributed by atoms with van der Waals surface area (Å²) in [5.41, 5.74) is -1.51. The Morgan fingerprint density at radius 2 is 2.11 bits per heavy atom. The molecule has 1 aliphatic carbocycles. The van der Waals surface area contributed by atoms with Gasteiger partial charge >= 0.3 is 5.97 Å². The topological polar surface area (TPSA) is 77.8 Å². The Balaban J connectivity index is 2.50. The van der Waals surface area contributed by atoms with Gasteiger partial charge in [-0.2, -0.15) is 0 Å². The molecule has 0 saturated heterocycles. The number of hydrogen-bond acceptors (Lipinski definition) is 3. The quantitative estimate of drug-likeness (QED) is 0.694. The van der Waals surface area contributed by atoms with Gasteiger partial charge in [-0.05, 0) is 57.8 Å². The van der Waals surface area contributed by atoms with E-state index in [1.807, 2.05) is 20.8 Å². The highest BCUT2D eigenvalue weighted by atomic mass is 16.4. The molecule has 1 aliphatic rings. The second-order valence-corrected chi connectivity index (χ2v) is 6.78. The van der Waals surface area contributed by atoms with Crippen LogP contribution in [0.15, 0.2) is 0 Å². The van der Waals surface area contributed by atoms with E-state index in [1.54, 1.807) is 6.92 Å². The summed E-state index contributed by atoms with van der Waals surface area (Å²) >= 11 is 0. The maximum absolute atomic E-state index is 10.8. The van der Waals surface area contributed by atoms with Crippen LogP contribution in [-0.4, -0.2) is 32.5 Å². The molecule has 0 radical (unpaired) electrons. The van der Waals surface area contributed by atoms with Crippen molar-refractivity contribution in [1.82, 2.24) is 0 Å². The summed E-state index contributed by atoms with van der Waals surface area (Å²) in [6.07, 6.45) is 3.43. The third-order valence-electron chi connectivity index (χ3n) is 5.09. The van der Waals surface area contributed by atoms with E-state index in [4.69, 9.17) is 5.11 Å².